The smallest absolute Gasteiger partial charge is 0.224 e. The Morgan fingerprint density at radius 2 is 1.41 bits per heavy atom. The molecule has 0 aliphatic rings. The predicted octanol–water partition coefficient (Wildman–Crippen LogP) is 1.36. The maximum atomic E-state index is 11.9. The van der Waals surface area contributed by atoms with Crippen molar-refractivity contribution in [1.82, 2.24) is 9.80 Å². The summed E-state index contributed by atoms with van der Waals surface area (Å²) in [5.41, 5.74) is 0. The van der Waals surface area contributed by atoms with Crippen LogP contribution in [0.3, 0.4) is 0 Å². The van der Waals surface area contributed by atoms with Gasteiger partial charge in [0.05, 0.1) is 6.73 Å². The first-order chi connectivity index (χ1) is 10.5. The number of rotatable bonds is 14. The van der Waals surface area contributed by atoms with Gasteiger partial charge in [-0.05, 0) is 46.2 Å². The normalized spacial score (nSPS) is 11.0. The largest absolute Gasteiger partial charge is 0.381 e. The van der Waals surface area contributed by atoms with Crippen molar-refractivity contribution in [3.8, 4) is 0 Å². The zero-order valence-corrected chi connectivity index (χ0v) is 14.1. The first-order valence-corrected chi connectivity index (χ1v) is 8.18. The van der Waals surface area contributed by atoms with E-state index in [4.69, 9.17) is 5.11 Å². The summed E-state index contributed by atoms with van der Waals surface area (Å²) in [6.07, 6.45) is 6.31. The monoisotopic (exact) mass is 316 g/mol. The van der Waals surface area contributed by atoms with Crippen molar-refractivity contribution in [2.75, 3.05) is 33.6 Å². The summed E-state index contributed by atoms with van der Waals surface area (Å²) in [4.78, 5) is 26.1. The molecule has 0 atom stereocenters. The van der Waals surface area contributed by atoms with Crippen LogP contribution >= 0.6 is 0 Å². The molecule has 0 saturated carbocycles. The minimum absolute atomic E-state index is 0.0361. The highest BCUT2D eigenvalue weighted by Crippen LogP contribution is 2.07. The molecule has 1 amide bonds. The molecule has 0 aromatic rings. The Kier molecular flexibility index (Phi) is 13.1. The van der Waals surface area contributed by atoms with Gasteiger partial charge < -0.3 is 19.9 Å². The van der Waals surface area contributed by atoms with E-state index in [0.717, 1.165) is 38.6 Å². The van der Waals surface area contributed by atoms with Gasteiger partial charge >= 0.3 is 0 Å². The van der Waals surface area contributed by atoms with Crippen LogP contribution in [-0.4, -0.2) is 65.3 Å². The lowest BCUT2D eigenvalue weighted by molar-refractivity contribution is -0.135. The maximum absolute atomic E-state index is 11.9. The quantitative estimate of drug-likeness (QED) is 0.373. The summed E-state index contributed by atoms with van der Waals surface area (Å²) >= 11 is 0. The van der Waals surface area contributed by atoms with Crippen LogP contribution in [0.4, 0.5) is 0 Å². The highest BCUT2D eigenvalue weighted by Gasteiger charge is 2.11. The van der Waals surface area contributed by atoms with E-state index in [2.05, 4.69) is 0 Å². The highest BCUT2D eigenvalue weighted by atomic mass is 16.3. The van der Waals surface area contributed by atoms with E-state index in [1.807, 2.05) is 11.9 Å². The second-order valence-electron chi connectivity index (χ2n) is 5.84. The summed E-state index contributed by atoms with van der Waals surface area (Å²) in [6, 6.07) is 0. The number of carbonyl (C=O) groups excluding carboxylic acids is 2. The summed E-state index contributed by atoms with van der Waals surface area (Å²) < 4.78 is 0. The van der Waals surface area contributed by atoms with Gasteiger partial charge in [0.15, 0.2) is 0 Å². The van der Waals surface area contributed by atoms with E-state index >= 15 is 0 Å². The fourth-order valence-electron chi connectivity index (χ4n) is 2.19. The first kappa shape index (κ1) is 21.0. The molecule has 0 saturated heterocycles. The molecular formula is C16H32N2O4. The van der Waals surface area contributed by atoms with E-state index in [9.17, 15) is 14.7 Å². The molecule has 0 rings (SSSR count). The van der Waals surface area contributed by atoms with Crippen LogP contribution in [0, 0.1) is 0 Å². The second-order valence-corrected chi connectivity index (χ2v) is 5.84. The van der Waals surface area contributed by atoms with Gasteiger partial charge in [-0.1, -0.05) is 12.8 Å². The number of carbonyl (C=O) groups is 2. The minimum atomic E-state index is -0.237. The number of aliphatic hydroxyl groups excluding tert-OH is 2. The molecule has 0 spiro atoms. The lowest BCUT2D eigenvalue weighted by Gasteiger charge is -2.20. The molecular weight excluding hydrogens is 284 g/mol. The van der Waals surface area contributed by atoms with Crippen LogP contribution in [0.2, 0.25) is 0 Å². The third-order valence-corrected chi connectivity index (χ3v) is 3.65. The number of amides is 1. The summed E-state index contributed by atoms with van der Waals surface area (Å²) in [5.74, 6) is 0.115. The molecule has 22 heavy (non-hydrogen) atoms. The van der Waals surface area contributed by atoms with E-state index in [1.54, 1.807) is 6.92 Å². The molecule has 0 aliphatic heterocycles. The van der Waals surface area contributed by atoms with Gasteiger partial charge in [0.2, 0.25) is 5.91 Å². The number of Topliss-reactive ketones (excluding diaryl/α,β-unsaturated/α-hetero) is 1. The molecule has 0 aromatic heterocycles. The molecule has 0 unspecified atom stereocenters. The zero-order valence-electron chi connectivity index (χ0n) is 14.1. The Morgan fingerprint density at radius 3 is 1.95 bits per heavy atom. The van der Waals surface area contributed by atoms with Gasteiger partial charge in [-0.2, -0.15) is 0 Å². The lowest BCUT2D eigenvalue weighted by Crippen LogP contribution is -2.32. The number of ketones is 1. The van der Waals surface area contributed by atoms with Crippen molar-refractivity contribution in [2.45, 2.75) is 58.3 Å². The molecule has 0 radical (unpaired) electrons. The zero-order chi connectivity index (χ0) is 16.8. The van der Waals surface area contributed by atoms with Crippen molar-refractivity contribution < 1.29 is 19.8 Å². The highest BCUT2D eigenvalue weighted by molar-refractivity contribution is 5.76. The van der Waals surface area contributed by atoms with Crippen molar-refractivity contribution in [3.63, 3.8) is 0 Å². The Morgan fingerprint density at radius 1 is 0.818 bits per heavy atom. The van der Waals surface area contributed by atoms with Crippen LogP contribution in [-0.2, 0) is 9.59 Å². The first-order valence-electron chi connectivity index (χ1n) is 8.18. The third kappa shape index (κ3) is 11.7. The molecule has 6 nitrogen and oxygen atoms in total. The topological polar surface area (TPSA) is 81.1 Å². The average Bonchev–Trinajstić information content (AvgIpc) is 2.50. The van der Waals surface area contributed by atoms with Crippen LogP contribution in [0.25, 0.3) is 0 Å². The molecule has 130 valence electrons. The number of aliphatic hydroxyl groups is 2. The van der Waals surface area contributed by atoms with Crippen LogP contribution in [0.15, 0.2) is 0 Å². The van der Waals surface area contributed by atoms with E-state index in [1.165, 1.54) is 4.90 Å². The number of unbranched alkanes of at least 4 members (excludes halogenated alkanes) is 4. The van der Waals surface area contributed by atoms with Gasteiger partial charge in [-0.15, -0.1) is 0 Å². The number of nitrogens with zero attached hydrogens (tertiary/aromatic N) is 2. The van der Waals surface area contributed by atoms with Gasteiger partial charge in [0.1, 0.15) is 12.5 Å². The van der Waals surface area contributed by atoms with Crippen LogP contribution < -0.4 is 0 Å². The van der Waals surface area contributed by atoms with E-state index in [-0.39, 0.29) is 25.2 Å². The average molecular weight is 316 g/mol. The van der Waals surface area contributed by atoms with Crippen molar-refractivity contribution in [3.05, 3.63) is 0 Å². The Balaban J connectivity index is 3.68. The van der Waals surface area contributed by atoms with Crippen molar-refractivity contribution >= 4 is 11.7 Å². The van der Waals surface area contributed by atoms with Crippen LogP contribution in [0.5, 0.6) is 0 Å². The van der Waals surface area contributed by atoms with Gasteiger partial charge in [0.25, 0.3) is 0 Å². The second kappa shape index (κ2) is 13.7. The predicted molar refractivity (Wildman–Crippen MR) is 86.1 cm³/mol. The summed E-state index contributed by atoms with van der Waals surface area (Å²) in [7, 11) is 1.87. The molecule has 2 N–H and O–H groups in total. The standard InChI is InChI=1S/C16H32N2O4/c1-15(21)9-5-6-10-16(22)18(14-20)12-8-4-3-7-11-17(2)13-19/h19-20H,3-14H2,1-2H3. The van der Waals surface area contributed by atoms with E-state index < -0.39 is 0 Å². The van der Waals surface area contributed by atoms with E-state index in [0.29, 0.717) is 25.8 Å². The molecule has 0 heterocycles. The van der Waals surface area contributed by atoms with Gasteiger partial charge in [-0.3, -0.25) is 9.69 Å². The SMILES string of the molecule is CC(=O)CCCCC(=O)N(CO)CCCCCCN(C)CO. The summed E-state index contributed by atoms with van der Waals surface area (Å²) in [6.45, 7) is 2.85. The van der Waals surface area contributed by atoms with Crippen molar-refractivity contribution in [1.29, 1.82) is 0 Å². The summed E-state index contributed by atoms with van der Waals surface area (Å²) in [5, 5.41) is 18.1. The molecule has 6 heteroatoms. The molecule has 0 bridgehead atoms. The molecule has 0 aliphatic carbocycles. The minimum Gasteiger partial charge on any atom is -0.381 e. The fraction of sp³-hybridized carbons (Fsp3) is 0.875. The Hall–Kier alpha value is -0.980. The third-order valence-electron chi connectivity index (χ3n) is 3.65. The van der Waals surface area contributed by atoms with Crippen LogP contribution in [0.1, 0.15) is 58.3 Å². The molecule has 0 aromatic carbocycles. The van der Waals surface area contributed by atoms with Crippen molar-refractivity contribution in [2.24, 2.45) is 0 Å². The number of hydrogen-bond acceptors (Lipinski definition) is 5. The number of hydrogen-bond donors (Lipinski definition) is 2. The maximum Gasteiger partial charge on any atom is 0.224 e. The fourth-order valence-corrected chi connectivity index (χ4v) is 2.19. The van der Waals surface area contributed by atoms with Gasteiger partial charge in [-0.25, -0.2) is 0 Å². The Bertz CT molecular complexity index is 311. The molecule has 0 fully saturated rings. The Labute approximate surface area is 134 Å². The van der Waals surface area contributed by atoms with Gasteiger partial charge in [0, 0.05) is 19.4 Å². The lowest BCUT2D eigenvalue weighted by atomic mass is 10.1.